The number of rotatable bonds is 1. The highest BCUT2D eigenvalue weighted by Crippen LogP contribution is 2.35. The third kappa shape index (κ3) is 3.14. The topological polar surface area (TPSA) is 39.5 Å². The van der Waals surface area contributed by atoms with E-state index in [9.17, 15) is 13.2 Å². The van der Waals surface area contributed by atoms with E-state index in [0.29, 0.717) is 25.4 Å². The highest BCUT2D eigenvalue weighted by molar-refractivity contribution is 5.55. The lowest BCUT2D eigenvalue weighted by Gasteiger charge is -2.46. The Kier molecular flexibility index (Phi) is 4.21. The summed E-state index contributed by atoms with van der Waals surface area (Å²) in [7, 11) is 2.02. The van der Waals surface area contributed by atoms with Crippen LogP contribution in [-0.2, 0) is 10.9 Å². The van der Waals surface area contributed by atoms with Crippen LogP contribution in [-0.4, -0.2) is 50.3 Å². The van der Waals surface area contributed by atoms with Gasteiger partial charge in [-0.2, -0.15) is 18.4 Å². The second-order valence-electron chi connectivity index (χ2n) is 6.03. The van der Waals surface area contributed by atoms with E-state index in [0.717, 1.165) is 19.0 Å². The number of anilines is 1. The monoisotopic (exact) mass is 325 g/mol. The van der Waals surface area contributed by atoms with Crippen molar-refractivity contribution in [2.24, 2.45) is 0 Å². The van der Waals surface area contributed by atoms with E-state index in [1.54, 1.807) is 12.1 Å². The smallest absolute Gasteiger partial charge is 0.375 e. The number of benzene rings is 1. The summed E-state index contributed by atoms with van der Waals surface area (Å²) in [4.78, 5) is 4.15. The molecule has 0 amide bonds. The highest BCUT2D eigenvalue weighted by atomic mass is 19.4. The van der Waals surface area contributed by atoms with E-state index in [-0.39, 0.29) is 17.7 Å². The van der Waals surface area contributed by atoms with E-state index >= 15 is 0 Å². The van der Waals surface area contributed by atoms with E-state index in [1.807, 2.05) is 11.9 Å². The third-order valence-electron chi connectivity index (χ3n) is 4.66. The molecule has 23 heavy (non-hydrogen) atoms. The Bertz CT molecular complexity index is 626. The minimum absolute atomic E-state index is 0.144. The first-order valence-electron chi connectivity index (χ1n) is 7.58. The SMILES string of the molecule is CN1CCOC2CCN(c3ccc(C#N)c(C(F)(F)F)c3)CC21. The lowest BCUT2D eigenvalue weighted by atomic mass is 9.98. The largest absolute Gasteiger partial charge is 0.417 e. The number of hydrogen-bond acceptors (Lipinski definition) is 4. The van der Waals surface area contributed by atoms with Crippen LogP contribution in [0.3, 0.4) is 0 Å². The quantitative estimate of drug-likeness (QED) is 0.795. The molecule has 3 rings (SSSR count). The van der Waals surface area contributed by atoms with Gasteiger partial charge in [-0.15, -0.1) is 0 Å². The van der Waals surface area contributed by atoms with Gasteiger partial charge in [-0.25, -0.2) is 0 Å². The van der Waals surface area contributed by atoms with Crippen LogP contribution in [0.1, 0.15) is 17.5 Å². The van der Waals surface area contributed by atoms with Crippen molar-refractivity contribution in [3.63, 3.8) is 0 Å². The van der Waals surface area contributed by atoms with Gasteiger partial charge in [0.15, 0.2) is 0 Å². The predicted molar refractivity (Wildman–Crippen MR) is 79.1 cm³/mol. The van der Waals surface area contributed by atoms with Crippen molar-refractivity contribution in [3.8, 4) is 6.07 Å². The molecular formula is C16H18F3N3O. The second kappa shape index (κ2) is 6.02. The summed E-state index contributed by atoms with van der Waals surface area (Å²) < 4.78 is 45.1. The number of likely N-dealkylation sites (N-methyl/N-ethyl adjacent to an activating group) is 1. The lowest BCUT2D eigenvalue weighted by Crippen LogP contribution is -2.58. The number of fused-ring (bicyclic) bond motifs is 1. The van der Waals surface area contributed by atoms with Crippen molar-refractivity contribution >= 4 is 5.69 Å². The Morgan fingerprint density at radius 1 is 1.30 bits per heavy atom. The minimum Gasteiger partial charge on any atom is -0.375 e. The van der Waals surface area contributed by atoms with Crippen molar-refractivity contribution in [3.05, 3.63) is 29.3 Å². The van der Waals surface area contributed by atoms with Gasteiger partial charge in [-0.1, -0.05) is 0 Å². The standard InChI is InChI=1S/C16H18F3N3O/c1-21-6-7-23-15-4-5-22(10-14(15)21)12-3-2-11(9-20)13(8-12)16(17,18)19/h2-3,8,14-15H,4-7,10H2,1H3. The zero-order chi connectivity index (χ0) is 16.6. The van der Waals surface area contributed by atoms with Crippen molar-refractivity contribution in [2.75, 3.05) is 38.2 Å². The summed E-state index contributed by atoms with van der Waals surface area (Å²) in [5.74, 6) is 0. The van der Waals surface area contributed by atoms with Crippen LogP contribution < -0.4 is 4.90 Å². The van der Waals surface area contributed by atoms with Crippen LogP contribution in [0.4, 0.5) is 18.9 Å². The summed E-state index contributed by atoms with van der Waals surface area (Å²) in [6, 6.07) is 5.74. The molecule has 2 saturated heterocycles. The highest BCUT2D eigenvalue weighted by Gasteiger charge is 2.37. The van der Waals surface area contributed by atoms with Crippen LogP contribution >= 0.6 is 0 Å². The summed E-state index contributed by atoms with van der Waals surface area (Å²) in [6.07, 6.45) is -3.59. The Morgan fingerprint density at radius 3 is 2.78 bits per heavy atom. The van der Waals surface area contributed by atoms with E-state index in [4.69, 9.17) is 10.00 Å². The maximum atomic E-state index is 13.1. The van der Waals surface area contributed by atoms with Crippen LogP contribution in [0.2, 0.25) is 0 Å². The molecule has 0 spiro atoms. The average molecular weight is 325 g/mol. The summed E-state index contributed by atoms with van der Waals surface area (Å²) >= 11 is 0. The molecular weight excluding hydrogens is 307 g/mol. The molecule has 2 unspecified atom stereocenters. The van der Waals surface area contributed by atoms with Crippen molar-refractivity contribution in [1.82, 2.24) is 4.90 Å². The predicted octanol–water partition coefficient (Wildman–Crippen LogP) is 2.49. The fraction of sp³-hybridized carbons (Fsp3) is 0.562. The normalized spacial score (nSPS) is 25.8. The van der Waals surface area contributed by atoms with Crippen molar-refractivity contribution < 1.29 is 17.9 Å². The number of ether oxygens (including phenoxy) is 1. The lowest BCUT2D eigenvalue weighted by molar-refractivity contribution is -0.137. The molecule has 2 heterocycles. The Morgan fingerprint density at radius 2 is 2.09 bits per heavy atom. The fourth-order valence-corrected chi connectivity index (χ4v) is 3.34. The molecule has 0 radical (unpaired) electrons. The van der Waals surface area contributed by atoms with E-state index in [1.165, 1.54) is 6.07 Å². The molecule has 0 saturated carbocycles. The maximum Gasteiger partial charge on any atom is 0.417 e. The van der Waals surface area contributed by atoms with Gasteiger partial charge in [0.1, 0.15) is 0 Å². The molecule has 7 heteroatoms. The number of halogens is 3. The first-order chi connectivity index (χ1) is 10.9. The van der Waals surface area contributed by atoms with Crippen molar-refractivity contribution in [2.45, 2.75) is 24.7 Å². The van der Waals surface area contributed by atoms with Crippen LogP contribution in [0.15, 0.2) is 18.2 Å². The molecule has 2 atom stereocenters. The summed E-state index contributed by atoms with van der Waals surface area (Å²) in [5, 5.41) is 8.89. The number of hydrogen-bond donors (Lipinski definition) is 0. The third-order valence-corrected chi connectivity index (χ3v) is 4.66. The van der Waals surface area contributed by atoms with Crippen molar-refractivity contribution in [1.29, 1.82) is 5.26 Å². The van der Waals surface area contributed by atoms with Gasteiger partial charge in [0.25, 0.3) is 0 Å². The number of morpholine rings is 1. The number of piperidine rings is 1. The van der Waals surface area contributed by atoms with E-state index < -0.39 is 11.7 Å². The number of nitriles is 1. The molecule has 0 aromatic heterocycles. The Balaban J connectivity index is 1.86. The van der Waals surface area contributed by atoms with Gasteiger partial charge in [0, 0.05) is 25.3 Å². The van der Waals surface area contributed by atoms with E-state index in [2.05, 4.69) is 4.90 Å². The molecule has 124 valence electrons. The zero-order valence-electron chi connectivity index (χ0n) is 12.8. The zero-order valence-corrected chi connectivity index (χ0v) is 12.8. The number of alkyl halides is 3. The molecule has 1 aromatic carbocycles. The molecule has 0 N–H and O–H groups in total. The Hall–Kier alpha value is -1.78. The molecule has 4 nitrogen and oxygen atoms in total. The summed E-state index contributed by atoms with van der Waals surface area (Å²) in [5.41, 5.74) is -0.698. The molecule has 2 aliphatic rings. The van der Waals surface area contributed by atoms with Gasteiger partial charge in [-0.05, 0) is 31.7 Å². The summed E-state index contributed by atoms with van der Waals surface area (Å²) in [6.45, 7) is 2.81. The van der Waals surface area contributed by atoms with Gasteiger partial charge >= 0.3 is 6.18 Å². The van der Waals surface area contributed by atoms with Crippen LogP contribution in [0.25, 0.3) is 0 Å². The maximum absolute atomic E-state index is 13.1. The minimum atomic E-state index is -4.52. The van der Waals surface area contributed by atoms with Crippen LogP contribution in [0, 0.1) is 11.3 Å². The van der Waals surface area contributed by atoms with Gasteiger partial charge in [0.2, 0.25) is 0 Å². The Labute approximate surface area is 133 Å². The van der Waals surface area contributed by atoms with Gasteiger partial charge in [-0.3, -0.25) is 4.90 Å². The average Bonchev–Trinajstić information content (AvgIpc) is 2.53. The first-order valence-corrected chi connectivity index (χ1v) is 7.58. The van der Waals surface area contributed by atoms with Crippen LogP contribution in [0.5, 0.6) is 0 Å². The first kappa shape index (κ1) is 16.1. The molecule has 2 aliphatic heterocycles. The van der Waals surface area contributed by atoms with Gasteiger partial charge in [0.05, 0.1) is 35.9 Å². The molecule has 1 aromatic rings. The molecule has 0 aliphatic carbocycles. The second-order valence-corrected chi connectivity index (χ2v) is 6.03. The fourth-order valence-electron chi connectivity index (χ4n) is 3.34. The molecule has 0 bridgehead atoms. The van der Waals surface area contributed by atoms with Gasteiger partial charge < -0.3 is 9.64 Å². The number of nitrogens with zero attached hydrogens (tertiary/aromatic N) is 3. The molecule has 2 fully saturated rings.